The third-order valence-electron chi connectivity index (χ3n) is 2.46. The van der Waals surface area contributed by atoms with E-state index in [4.69, 9.17) is 9.52 Å². The number of amides is 1. The lowest BCUT2D eigenvalue weighted by Gasteiger charge is -2.10. The van der Waals surface area contributed by atoms with Gasteiger partial charge in [-0.1, -0.05) is 6.92 Å². The van der Waals surface area contributed by atoms with Crippen molar-refractivity contribution < 1.29 is 27.5 Å². The Morgan fingerprint density at radius 2 is 2.05 bits per heavy atom. The molecule has 1 rings (SSSR count). The minimum Gasteiger partial charge on any atom is -0.475 e. The molecular weight excluding hydrogens is 274 g/mol. The first kappa shape index (κ1) is 15.2. The van der Waals surface area contributed by atoms with Crippen molar-refractivity contribution in [2.24, 2.45) is 0 Å². The average Bonchev–Trinajstić information content (AvgIpc) is 2.85. The molecular formula is C11H15NO6S. The molecule has 1 aromatic heterocycles. The van der Waals surface area contributed by atoms with Crippen LogP contribution in [0.25, 0.3) is 0 Å². The molecule has 0 radical (unpaired) electrons. The summed E-state index contributed by atoms with van der Waals surface area (Å²) in [5, 5.41) is 9.26. The number of carbonyl (C=O) groups excluding carboxylic acids is 1. The summed E-state index contributed by atoms with van der Waals surface area (Å²) >= 11 is 0. The molecule has 0 saturated heterocycles. The number of carboxylic acids is 1. The van der Waals surface area contributed by atoms with Crippen LogP contribution in [-0.4, -0.2) is 37.2 Å². The molecule has 106 valence electrons. The number of hydrogen-bond acceptors (Lipinski definition) is 5. The van der Waals surface area contributed by atoms with Crippen molar-refractivity contribution in [2.75, 3.05) is 6.54 Å². The van der Waals surface area contributed by atoms with Crippen LogP contribution in [0.1, 0.15) is 30.8 Å². The van der Waals surface area contributed by atoms with Crippen LogP contribution in [0.3, 0.4) is 0 Å². The fraction of sp³-hybridized carbons (Fsp3) is 0.455. The highest BCUT2D eigenvalue weighted by molar-refractivity contribution is 7.92. The zero-order chi connectivity index (χ0) is 14.6. The lowest BCUT2D eigenvalue weighted by molar-refractivity contribution is -0.120. The van der Waals surface area contributed by atoms with E-state index in [1.54, 1.807) is 0 Å². The van der Waals surface area contributed by atoms with Crippen molar-refractivity contribution in [1.29, 1.82) is 0 Å². The minimum absolute atomic E-state index is 0.372. The zero-order valence-corrected chi connectivity index (χ0v) is 11.4. The molecule has 7 nitrogen and oxygen atoms in total. The summed E-state index contributed by atoms with van der Waals surface area (Å²) in [6, 6.07) is 2.06. The van der Waals surface area contributed by atoms with E-state index >= 15 is 0 Å². The largest absolute Gasteiger partial charge is 0.475 e. The first-order valence-corrected chi connectivity index (χ1v) is 7.20. The number of nitrogens with one attached hydrogen (secondary N) is 1. The molecule has 2 N–H and O–H groups in total. The number of rotatable bonds is 6. The molecule has 1 atom stereocenters. The van der Waals surface area contributed by atoms with Crippen LogP contribution in [0, 0.1) is 0 Å². The molecule has 1 amide bonds. The number of furan rings is 1. The Balaban J connectivity index is 2.96. The maximum Gasteiger partial charge on any atom is 0.371 e. The molecule has 0 aliphatic heterocycles. The van der Waals surface area contributed by atoms with Gasteiger partial charge in [-0.25, -0.2) is 13.2 Å². The van der Waals surface area contributed by atoms with Crippen molar-refractivity contribution in [3.63, 3.8) is 0 Å². The highest BCUT2D eigenvalue weighted by Gasteiger charge is 2.32. The molecule has 19 heavy (non-hydrogen) atoms. The summed E-state index contributed by atoms with van der Waals surface area (Å²) in [6.45, 7) is 3.44. The Morgan fingerprint density at radius 1 is 1.42 bits per heavy atom. The fourth-order valence-corrected chi connectivity index (χ4v) is 2.47. The van der Waals surface area contributed by atoms with E-state index in [0.29, 0.717) is 13.0 Å². The Labute approximate surface area is 110 Å². The second-order valence-electron chi connectivity index (χ2n) is 3.90. The predicted octanol–water partition coefficient (Wildman–Crippen LogP) is 0.666. The van der Waals surface area contributed by atoms with Gasteiger partial charge >= 0.3 is 5.97 Å². The normalized spacial score (nSPS) is 12.9. The van der Waals surface area contributed by atoms with Gasteiger partial charge in [-0.15, -0.1) is 0 Å². The third kappa shape index (κ3) is 3.34. The first-order chi connectivity index (χ1) is 8.80. The van der Waals surface area contributed by atoms with E-state index in [1.165, 1.54) is 6.92 Å². The number of carboxylic acid groups (broad SMARTS) is 1. The van der Waals surface area contributed by atoms with Crippen LogP contribution in [-0.2, 0) is 14.6 Å². The maximum atomic E-state index is 12.0. The summed E-state index contributed by atoms with van der Waals surface area (Å²) in [4.78, 5) is 22.2. The topological polar surface area (TPSA) is 114 Å². The molecule has 0 aromatic carbocycles. The molecule has 1 unspecified atom stereocenters. The molecule has 0 aliphatic rings. The number of carbonyl (C=O) groups is 2. The smallest absolute Gasteiger partial charge is 0.371 e. The van der Waals surface area contributed by atoms with E-state index < -0.39 is 37.8 Å². The number of aromatic carboxylic acids is 1. The average molecular weight is 289 g/mol. The summed E-state index contributed by atoms with van der Waals surface area (Å²) in [7, 11) is -4.02. The van der Waals surface area contributed by atoms with Crippen LogP contribution in [0.5, 0.6) is 0 Å². The highest BCUT2D eigenvalue weighted by Crippen LogP contribution is 2.19. The molecule has 0 saturated carbocycles. The quantitative estimate of drug-likeness (QED) is 0.795. The van der Waals surface area contributed by atoms with Crippen LogP contribution in [0.2, 0.25) is 0 Å². The molecule has 0 fully saturated rings. The molecule has 0 spiro atoms. The van der Waals surface area contributed by atoms with Gasteiger partial charge in [-0.05, 0) is 25.5 Å². The van der Waals surface area contributed by atoms with Gasteiger partial charge in [-0.3, -0.25) is 4.79 Å². The van der Waals surface area contributed by atoms with Crippen molar-refractivity contribution >= 4 is 21.7 Å². The molecule has 1 aromatic rings. The number of sulfone groups is 1. The third-order valence-corrected chi connectivity index (χ3v) is 4.38. The van der Waals surface area contributed by atoms with E-state index in [9.17, 15) is 18.0 Å². The second-order valence-corrected chi connectivity index (χ2v) is 6.10. The maximum absolute atomic E-state index is 12.0. The minimum atomic E-state index is -4.02. The molecule has 0 aliphatic carbocycles. The van der Waals surface area contributed by atoms with E-state index in [2.05, 4.69) is 5.32 Å². The van der Waals surface area contributed by atoms with Gasteiger partial charge in [0.2, 0.25) is 26.6 Å². The van der Waals surface area contributed by atoms with Crippen LogP contribution >= 0.6 is 0 Å². The van der Waals surface area contributed by atoms with Crippen molar-refractivity contribution in [1.82, 2.24) is 5.32 Å². The zero-order valence-electron chi connectivity index (χ0n) is 10.5. The van der Waals surface area contributed by atoms with Crippen LogP contribution in [0.4, 0.5) is 0 Å². The van der Waals surface area contributed by atoms with Crippen molar-refractivity contribution in [2.45, 2.75) is 30.6 Å². The Bertz CT molecular complexity index is 574. The molecule has 0 bridgehead atoms. The van der Waals surface area contributed by atoms with Crippen LogP contribution in [0.15, 0.2) is 21.6 Å². The Kier molecular flexibility index (Phi) is 4.71. The second kappa shape index (κ2) is 5.87. The monoisotopic (exact) mass is 289 g/mol. The van der Waals surface area contributed by atoms with Gasteiger partial charge < -0.3 is 14.8 Å². The first-order valence-electron chi connectivity index (χ1n) is 5.65. The summed E-state index contributed by atoms with van der Waals surface area (Å²) in [6.07, 6.45) is 0.683. The Hall–Kier alpha value is -1.83. The van der Waals surface area contributed by atoms with Gasteiger partial charge in [0, 0.05) is 6.54 Å². The fourth-order valence-electron chi connectivity index (χ4n) is 1.30. The lowest BCUT2D eigenvalue weighted by Crippen LogP contribution is -2.38. The van der Waals surface area contributed by atoms with Gasteiger partial charge in [0.15, 0.2) is 0 Å². The lowest BCUT2D eigenvalue weighted by atomic mass is 10.4. The van der Waals surface area contributed by atoms with Crippen molar-refractivity contribution in [3.05, 3.63) is 17.9 Å². The van der Waals surface area contributed by atoms with E-state index in [-0.39, 0.29) is 0 Å². The van der Waals surface area contributed by atoms with Gasteiger partial charge in [0.25, 0.3) is 0 Å². The van der Waals surface area contributed by atoms with Crippen molar-refractivity contribution in [3.8, 4) is 0 Å². The van der Waals surface area contributed by atoms with Gasteiger partial charge in [-0.2, -0.15) is 0 Å². The SMILES string of the molecule is CCCNC(=O)C(C)S(=O)(=O)c1ccc(C(=O)O)o1. The van der Waals surface area contributed by atoms with Gasteiger partial charge in [0.1, 0.15) is 5.25 Å². The van der Waals surface area contributed by atoms with E-state index in [1.807, 2.05) is 6.92 Å². The molecule has 8 heteroatoms. The summed E-state index contributed by atoms with van der Waals surface area (Å²) in [5.74, 6) is -2.50. The highest BCUT2D eigenvalue weighted by atomic mass is 32.2. The summed E-state index contributed by atoms with van der Waals surface area (Å²) in [5.41, 5.74) is 0. The van der Waals surface area contributed by atoms with Gasteiger partial charge in [0.05, 0.1) is 0 Å². The van der Waals surface area contributed by atoms with E-state index in [0.717, 1.165) is 12.1 Å². The molecule has 1 heterocycles. The predicted molar refractivity (Wildman–Crippen MR) is 65.6 cm³/mol. The number of hydrogen-bond donors (Lipinski definition) is 2. The standard InChI is InChI=1S/C11H15NO6S/c1-3-6-12-10(13)7(2)19(16,17)9-5-4-8(18-9)11(14)15/h4-5,7H,3,6H2,1-2H3,(H,12,13)(H,14,15). The van der Waals surface area contributed by atoms with Crippen LogP contribution < -0.4 is 5.32 Å². The summed E-state index contributed by atoms with van der Waals surface area (Å²) < 4.78 is 28.8. The Morgan fingerprint density at radius 3 is 2.53 bits per heavy atom.